The fourth-order valence-corrected chi connectivity index (χ4v) is 3.22. The normalized spacial score (nSPS) is 21.8. The highest BCUT2D eigenvalue weighted by Gasteiger charge is 2.32. The van der Waals surface area contributed by atoms with Gasteiger partial charge in [0, 0.05) is 26.2 Å². The molecule has 7 nitrogen and oxygen atoms in total. The third-order valence-corrected chi connectivity index (χ3v) is 4.53. The molecule has 1 unspecified atom stereocenters. The molecule has 1 aromatic rings. The third kappa shape index (κ3) is 3.24. The number of carbonyl (C=O) groups excluding carboxylic acids is 1. The maximum absolute atomic E-state index is 12.3. The Labute approximate surface area is 137 Å². The Hall–Kier alpha value is -1.89. The van der Waals surface area contributed by atoms with E-state index in [1.165, 1.54) is 6.42 Å². The first kappa shape index (κ1) is 16.0. The highest BCUT2D eigenvalue weighted by atomic mass is 16.2. The molecule has 1 saturated heterocycles. The minimum absolute atomic E-state index is 0.00633. The Morgan fingerprint density at radius 3 is 2.65 bits per heavy atom. The van der Waals surface area contributed by atoms with Crippen molar-refractivity contribution in [1.29, 1.82) is 0 Å². The lowest BCUT2D eigenvalue weighted by Gasteiger charge is -2.37. The second kappa shape index (κ2) is 6.70. The van der Waals surface area contributed by atoms with Crippen LogP contribution in [0, 0.1) is 5.92 Å². The molecule has 23 heavy (non-hydrogen) atoms. The van der Waals surface area contributed by atoms with Crippen molar-refractivity contribution in [1.82, 2.24) is 14.9 Å². The van der Waals surface area contributed by atoms with E-state index in [4.69, 9.17) is 0 Å². The van der Waals surface area contributed by atoms with Crippen LogP contribution in [-0.4, -0.2) is 59.5 Å². The van der Waals surface area contributed by atoms with Crippen LogP contribution in [0.1, 0.15) is 27.2 Å². The maximum atomic E-state index is 12.3. The van der Waals surface area contributed by atoms with Crippen LogP contribution >= 0.6 is 0 Å². The summed E-state index contributed by atoms with van der Waals surface area (Å²) in [5, 5.41) is 6.27. The lowest BCUT2D eigenvalue weighted by atomic mass is 10.0. The van der Waals surface area contributed by atoms with Crippen molar-refractivity contribution in [3.8, 4) is 0 Å². The fraction of sp³-hybridized carbons (Fsp3) is 0.688. The highest BCUT2D eigenvalue weighted by Crippen LogP contribution is 2.34. The van der Waals surface area contributed by atoms with Crippen LogP contribution in [0.2, 0.25) is 0 Å². The molecule has 0 aliphatic carbocycles. The van der Waals surface area contributed by atoms with Gasteiger partial charge in [-0.25, -0.2) is 9.97 Å². The van der Waals surface area contributed by atoms with Crippen molar-refractivity contribution in [3.63, 3.8) is 0 Å². The van der Waals surface area contributed by atoms with Gasteiger partial charge in [0.2, 0.25) is 5.91 Å². The SMILES string of the molecule is CCCN1CCN(c2ncnc3c2NC(=O)C(C(C)C)N3)CC1. The highest BCUT2D eigenvalue weighted by molar-refractivity contribution is 6.05. The van der Waals surface area contributed by atoms with Crippen LogP contribution in [0.5, 0.6) is 0 Å². The first-order valence-corrected chi connectivity index (χ1v) is 8.49. The average molecular weight is 318 g/mol. The molecule has 0 aromatic carbocycles. The zero-order valence-corrected chi connectivity index (χ0v) is 14.2. The van der Waals surface area contributed by atoms with Gasteiger partial charge < -0.3 is 15.5 Å². The van der Waals surface area contributed by atoms with Crippen LogP contribution in [0.15, 0.2) is 6.33 Å². The molecule has 3 rings (SSSR count). The van der Waals surface area contributed by atoms with Gasteiger partial charge >= 0.3 is 0 Å². The van der Waals surface area contributed by atoms with E-state index in [2.05, 4.69) is 37.3 Å². The summed E-state index contributed by atoms with van der Waals surface area (Å²) >= 11 is 0. The van der Waals surface area contributed by atoms with E-state index in [9.17, 15) is 4.79 Å². The molecule has 1 fully saturated rings. The van der Waals surface area contributed by atoms with E-state index in [0.717, 1.165) is 50.0 Å². The number of rotatable bonds is 4. The molecular formula is C16H26N6O. The molecule has 1 atom stereocenters. The quantitative estimate of drug-likeness (QED) is 0.874. The monoisotopic (exact) mass is 318 g/mol. The van der Waals surface area contributed by atoms with Crippen LogP contribution in [-0.2, 0) is 4.79 Å². The van der Waals surface area contributed by atoms with Crippen molar-refractivity contribution in [2.75, 3.05) is 48.3 Å². The van der Waals surface area contributed by atoms with Crippen molar-refractivity contribution >= 4 is 23.2 Å². The number of aromatic nitrogens is 2. The van der Waals surface area contributed by atoms with Crippen molar-refractivity contribution in [2.24, 2.45) is 5.92 Å². The van der Waals surface area contributed by atoms with Crippen LogP contribution < -0.4 is 15.5 Å². The molecule has 0 saturated carbocycles. The maximum Gasteiger partial charge on any atom is 0.247 e. The third-order valence-electron chi connectivity index (χ3n) is 4.53. The van der Waals surface area contributed by atoms with Gasteiger partial charge in [-0.05, 0) is 18.9 Å². The van der Waals surface area contributed by atoms with Gasteiger partial charge in [0.05, 0.1) is 0 Å². The van der Waals surface area contributed by atoms with E-state index in [1.54, 1.807) is 6.33 Å². The number of amides is 1. The second-order valence-electron chi connectivity index (χ2n) is 6.60. The van der Waals surface area contributed by atoms with Gasteiger partial charge in [0.25, 0.3) is 0 Å². The summed E-state index contributed by atoms with van der Waals surface area (Å²) in [5.41, 5.74) is 0.721. The molecule has 3 heterocycles. The molecule has 2 aliphatic heterocycles. The standard InChI is InChI=1S/C16H26N6O/c1-4-5-21-6-8-22(9-7-21)15-13-14(17-10-18-15)19-12(11(2)3)16(23)20-13/h10-12H,4-9H2,1-3H3,(H,20,23)(H,17,18,19). The summed E-state index contributed by atoms with van der Waals surface area (Å²) in [6, 6.07) is -0.244. The molecule has 126 valence electrons. The van der Waals surface area contributed by atoms with Gasteiger partial charge in [-0.2, -0.15) is 0 Å². The van der Waals surface area contributed by atoms with Gasteiger partial charge in [-0.1, -0.05) is 20.8 Å². The lowest BCUT2D eigenvalue weighted by molar-refractivity contribution is -0.117. The fourth-order valence-electron chi connectivity index (χ4n) is 3.22. The Bertz CT molecular complexity index is 568. The lowest BCUT2D eigenvalue weighted by Crippen LogP contribution is -2.48. The molecule has 0 bridgehead atoms. The van der Waals surface area contributed by atoms with E-state index < -0.39 is 0 Å². The molecular weight excluding hydrogens is 292 g/mol. The number of fused-ring (bicyclic) bond motifs is 1. The Balaban J connectivity index is 1.78. The summed E-state index contributed by atoms with van der Waals surface area (Å²) < 4.78 is 0. The second-order valence-corrected chi connectivity index (χ2v) is 6.60. The number of carbonyl (C=O) groups is 1. The van der Waals surface area contributed by atoms with E-state index in [0.29, 0.717) is 0 Å². The summed E-state index contributed by atoms with van der Waals surface area (Å²) in [6.07, 6.45) is 2.76. The summed E-state index contributed by atoms with van der Waals surface area (Å²) in [6.45, 7) is 11.3. The number of nitrogens with one attached hydrogen (secondary N) is 2. The predicted octanol–water partition coefficient (Wildman–Crippen LogP) is 1.40. The molecule has 7 heteroatoms. The number of piperazine rings is 1. The zero-order valence-electron chi connectivity index (χ0n) is 14.2. The van der Waals surface area contributed by atoms with Crippen molar-refractivity contribution < 1.29 is 4.79 Å². The number of hydrogen-bond donors (Lipinski definition) is 2. The predicted molar refractivity (Wildman–Crippen MR) is 91.9 cm³/mol. The zero-order chi connectivity index (χ0) is 16.4. The van der Waals surface area contributed by atoms with Gasteiger partial charge in [0.15, 0.2) is 11.6 Å². The Kier molecular flexibility index (Phi) is 4.66. The molecule has 0 spiro atoms. The van der Waals surface area contributed by atoms with Crippen LogP contribution in [0.3, 0.4) is 0 Å². The van der Waals surface area contributed by atoms with Crippen molar-refractivity contribution in [3.05, 3.63) is 6.33 Å². The molecule has 2 N–H and O–H groups in total. The number of hydrogen-bond acceptors (Lipinski definition) is 6. The van der Waals surface area contributed by atoms with Crippen molar-refractivity contribution in [2.45, 2.75) is 33.2 Å². The van der Waals surface area contributed by atoms with Crippen LogP contribution in [0.4, 0.5) is 17.3 Å². The van der Waals surface area contributed by atoms with E-state index in [-0.39, 0.29) is 17.9 Å². The van der Waals surface area contributed by atoms with Gasteiger partial charge in [0.1, 0.15) is 18.1 Å². The summed E-state index contributed by atoms with van der Waals surface area (Å²) in [4.78, 5) is 25.8. The van der Waals surface area contributed by atoms with Gasteiger partial charge in [-0.3, -0.25) is 9.69 Å². The van der Waals surface area contributed by atoms with Crippen LogP contribution in [0.25, 0.3) is 0 Å². The first-order valence-electron chi connectivity index (χ1n) is 8.49. The molecule has 1 amide bonds. The largest absolute Gasteiger partial charge is 0.356 e. The number of nitrogens with zero attached hydrogens (tertiary/aromatic N) is 4. The Morgan fingerprint density at radius 1 is 1.26 bits per heavy atom. The summed E-state index contributed by atoms with van der Waals surface area (Å²) in [5.74, 6) is 1.76. The minimum Gasteiger partial charge on any atom is -0.356 e. The molecule has 1 aromatic heterocycles. The Morgan fingerprint density at radius 2 is 2.00 bits per heavy atom. The number of anilines is 3. The van der Waals surface area contributed by atoms with E-state index in [1.807, 2.05) is 13.8 Å². The minimum atomic E-state index is -0.244. The first-order chi connectivity index (χ1) is 11.1. The van der Waals surface area contributed by atoms with E-state index >= 15 is 0 Å². The molecule has 2 aliphatic rings. The topological polar surface area (TPSA) is 73.4 Å². The smallest absolute Gasteiger partial charge is 0.247 e. The summed E-state index contributed by atoms with van der Waals surface area (Å²) in [7, 11) is 0. The molecule has 0 radical (unpaired) electrons. The average Bonchev–Trinajstić information content (AvgIpc) is 2.54. The van der Waals surface area contributed by atoms with Gasteiger partial charge in [-0.15, -0.1) is 0 Å².